The summed E-state index contributed by atoms with van der Waals surface area (Å²) >= 11 is 6.13. The normalized spacial score (nSPS) is 10.4. The van der Waals surface area contributed by atoms with Crippen molar-refractivity contribution in [1.29, 1.82) is 0 Å². The molecule has 3 heteroatoms. The van der Waals surface area contributed by atoms with Crippen LogP contribution in [-0.4, -0.2) is 5.78 Å². The van der Waals surface area contributed by atoms with Crippen molar-refractivity contribution in [3.05, 3.63) is 64.2 Å². The maximum atomic E-state index is 12.0. The molecule has 0 amide bonds. The Morgan fingerprint density at radius 1 is 1.11 bits per heavy atom. The number of benzene rings is 2. The highest BCUT2D eigenvalue weighted by atomic mass is 35.5. The van der Waals surface area contributed by atoms with E-state index in [4.69, 9.17) is 17.3 Å². The molecule has 2 nitrogen and oxygen atoms in total. The fourth-order valence-corrected chi connectivity index (χ4v) is 2.24. The number of anilines is 1. The first-order valence-corrected chi connectivity index (χ1v) is 6.53. The average molecular weight is 274 g/mol. The van der Waals surface area contributed by atoms with Gasteiger partial charge in [-0.05, 0) is 41.8 Å². The number of rotatable bonds is 4. The number of nitrogen functional groups attached to an aromatic ring is 1. The molecule has 0 aromatic heterocycles. The van der Waals surface area contributed by atoms with E-state index in [1.54, 1.807) is 0 Å². The first-order chi connectivity index (χ1) is 9.04. The summed E-state index contributed by atoms with van der Waals surface area (Å²) in [6, 6.07) is 13.1. The predicted molar refractivity (Wildman–Crippen MR) is 79.5 cm³/mol. The quantitative estimate of drug-likeness (QED) is 0.865. The van der Waals surface area contributed by atoms with Crippen LogP contribution in [0, 0.1) is 6.92 Å². The summed E-state index contributed by atoms with van der Waals surface area (Å²) in [4.78, 5) is 12.0. The molecular formula is C16H16ClNO. The largest absolute Gasteiger partial charge is 0.399 e. The van der Waals surface area contributed by atoms with Gasteiger partial charge in [-0.1, -0.05) is 35.9 Å². The van der Waals surface area contributed by atoms with E-state index >= 15 is 0 Å². The van der Waals surface area contributed by atoms with E-state index in [1.807, 2.05) is 49.4 Å². The summed E-state index contributed by atoms with van der Waals surface area (Å²) in [5.74, 6) is 0.149. The van der Waals surface area contributed by atoms with Gasteiger partial charge in [-0.15, -0.1) is 0 Å². The Kier molecular flexibility index (Phi) is 4.23. The molecule has 2 N–H and O–H groups in total. The molecule has 0 fully saturated rings. The van der Waals surface area contributed by atoms with Gasteiger partial charge < -0.3 is 5.73 Å². The lowest BCUT2D eigenvalue weighted by molar-refractivity contribution is -0.117. The van der Waals surface area contributed by atoms with Crippen LogP contribution in [-0.2, 0) is 17.6 Å². The molecule has 0 radical (unpaired) electrons. The van der Waals surface area contributed by atoms with E-state index in [0.717, 1.165) is 16.7 Å². The molecule has 2 aromatic rings. The van der Waals surface area contributed by atoms with Gasteiger partial charge in [-0.25, -0.2) is 0 Å². The SMILES string of the molecule is Cc1ccc(CC(=O)Cc2ccc(N)cc2)c(Cl)c1. The maximum Gasteiger partial charge on any atom is 0.141 e. The Labute approximate surface area is 118 Å². The van der Waals surface area contributed by atoms with Gasteiger partial charge in [0.1, 0.15) is 5.78 Å². The number of carbonyl (C=O) groups is 1. The Morgan fingerprint density at radius 2 is 1.79 bits per heavy atom. The second-order valence-electron chi connectivity index (χ2n) is 4.73. The molecule has 0 aliphatic carbocycles. The number of Topliss-reactive ketones (excluding diaryl/α,β-unsaturated/α-hetero) is 1. The Bertz CT molecular complexity index is 590. The highest BCUT2D eigenvalue weighted by molar-refractivity contribution is 6.31. The fourth-order valence-electron chi connectivity index (χ4n) is 1.93. The van der Waals surface area contributed by atoms with E-state index in [0.29, 0.717) is 23.6 Å². The third-order valence-electron chi connectivity index (χ3n) is 2.98. The number of ketones is 1. The van der Waals surface area contributed by atoms with Gasteiger partial charge in [0.25, 0.3) is 0 Å². The van der Waals surface area contributed by atoms with E-state index in [9.17, 15) is 4.79 Å². The summed E-state index contributed by atoms with van der Waals surface area (Å²) in [7, 11) is 0. The molecule has 0 saturated heterocycles. The standard InChI is InChI=1S/C16H16ClNO/c1-11-2-5-13(16(17)8-11)10-15(19)9-12-3-6-14(18)7-4-12/h2-8H,9-10,18H2,1H3. The first kappa shape index (κ1) is 13.6. The van der Waals surface area contributed by atoms with E-state index < -0.39 is 0 Å². The minimum atomic E-state index is 0.149. The Balaban J connectivity index is 2.03. The summed E-state index contributed by atoms with van der Waals surface area (Å²) in [5.41, 5.74) is 9.27. The molecule has 0 atom stereocenters. The van der Waals surface area contributed by atoms with Crippen LogP contribution in [0.1, 0.15) is 16.7 Å². The van der Waals surface area contributed by atoms with Crippen LogP contribution in [0.5, 0.6) is 0 Å². The molecule has 19 heavy (non-hydrogen) atoms. The third kappa shape index (κ3) is 3.83. The molecule has 2 rings (SSSR count). The van der Waals surface area contributed by atoms with Crippen LogP contribution < -0.4 is 5.73 Å². The van der Waals surface area contributed by atoms with Crippen molar-refractivity contribution in [2.24, 2.45) is 0 Å². The van der Waals surface area contributed by atoms with E-state index in [1.165, 1.54) is 0 Å². The van der Waals surface area contributed by atoms with Gasteiger partial charge in [0.2, 0.25) is 0 Å². The van der Waals surface area contributed by atoms with Gasteiger partial charge in [0, 0.05) is 23.6 Å². The zero-order valence-corrected chi connectivity index (χ0v) is 11.6. The zero-order valence-electron chi connectivity index (χ0n) is 10.8. The Morgan fingerprint density at radius 3 is 2.42 bits per heavy atom. The number of hydrogen-bond acceptors (Lipinski definition) is 2. The second kappa shape index (κ2) is 5.89. The minimum Gasteiger partial charge on any atom is -0.399 e. The fraction of sp³-hybridized carbons (Fsp3) is 0.188. The topological polar surface area (TPSA) is 43.1 Å². The van der Waals surface area contributed by atoms with Crippen molar-refractivity contribution in [1.82, 2.24) is 0 Å². The number of halogens is 1. The Hall–Kier alpha value is -1.80. The number of aryl methyl sites for hydroxylation is 1. The van der Waals surface area contributed by atoms with Crippen LogP contribution in [0.4, 0.5) is 5.69 Å². The summed E-state index contributed by atoms with van der Waals surface area (Å²) in [6.45, 7) is 1.98. The van der Waals surface area contributed by atoms with Gasteiger partial charge in [-0.2, -0.15) is 0 Å². The second-order valence-corrected chi connectivity index (χ2v) is 5.14. The van der Waals surface area contributed by atoms with Crippen LogP contribution in [0.25, 0.3) is 0 Å². The maximum absolute atomic E-state index is 12.0. The van der Waals surface area contributed by atoms with Crippen molar-refractivity contribution in [2.75, 3.05) is 5.73 Å². The molecule has 0 bridgehead atoms. The zero-order chi connectivity index (χ0) is 13.8. The van der Waals surface area contributed by atoms with Crippen LogP contribution >= 0.6 is 11.6 Å². The number of carbonyl (C=O) groups excluding carboxylic acids is 1. The smallest absolute Gasteiger partial charge is 0.141 e. The molecule has 0 spiro atoms. The molecule has 0 unspecified atom stereocenters. The van der Waals surface area contributed by atoms with Gasteiger partial charge >= 0.3 is 0 Å². The van der Waals surface area contributed by atoms with Crippen molar-refractivity contribution < 1.29 is 4.79 Å². The molecule has 0 heterocycles. The lowest BCUT2D eigenvalue weighted by Crippen LogP contribution is -2.07. The summed E-state index contributed by atoms with van der Waals surface area (Å²) in [5, 5.41) is 0.658. The van der Waals surface area contributed by atoms with Crippen LogP contribution in [0.3, 0.4) is 0 Å². The minimum absolute atomic E-state index is 0.149. The van der Waals surface area contributed by atoms with Crippen molar-refractivity contribution >= 4 is 23.1 Å². The summed E-state index contributed by atoms with van der Waals surface area (Å²) in [6.07, 6.45) is 0.772. The number of hydrogen-bond donors (Lipinski definition) is 1. The highest BCUT2D eigenvalue weighted by Crippen LogP contribution is 2.19. The van der Waals surface area contributed by atoms with Crippen molar-refractivity contribution in [3.63, 3.8) is 0 Å². The molecular weight excluding hydrogens is 258 g/mol. The molecule has 0 saturated carbocycles. The monoisotopic (exact) mass is 273 g/mol. The lowest BCUT2D eigenvalue weighted by Gasteiger charge is -2.05. The molecule has 0 aliphatic rings. The lowest BCUT2D eigenvalue weighted by atomic mass is 10.0. The first-order valence-electron chi connectivity index (χ1n) is 6.16. The molecule has 2 aromatic carbocycles. The molecule has 98 valence electrons. The third-order valence-corrected chi connectivity index (χ3v) is 3.33. The van der Waals surface area contributed by atoms with E-state index in [2.05, 4.69) is 0 Å². The van der Waals surface area contributed by atoms with Crippen molar-refractivity contribution in [2.45, 2.75) is 19.8 Å². The van der Waals surface area contributed by atoms with Gasteiger partial charge in [-0.3, -0.25) is 4.79 Å². The van der Waals surface area contributed by atoms with Crippen LogP contribution in [0.15, 0.2) is 42.5 Å². The van der Waals surface area contributed by atoms with Crippen LogP contribution in [0.2, 0.25) is 5.02 Å². The van der Waals surface area contributed by atoms with E-state index in [-0.39, 0.29) is 5.78 Å². The van der Waals surface area contributed by atoms with Gasteiger partial charge in [0.05, 0.1) is 0 Å². The number of nitrogens with two attached hydrogens (primary N) is 1. The predicted octanol–water partition coefficient (Wildman–Crippen LogP) is 3.58. The average Bonchev–Trinajstić information content (AvgIpc) is 2.36. The summed E-state index contributed by atoms with van der Waals surface area (Å²) < 4.78 is 0. The van der Waals surface area contributed by atoms with Gasteiger partial charge in [0.15, 0.2) is 0 Å². The molecule has 0 aliphatic heterocycles. The highest BCUT2D eigenvalue weighted by Gasteiger charge is 2.08. The van der Waals surface area contributed by atoms with Crippen molar-refractivity contribution in [3.8, 4) is 0 Å².